The number of nitrogens with zero attached hydrogens (tertiary/aromatic N) is 3. The van der Waals surface area contributed by atoms with Gasteiger partial charge in [0, 0.05) is 15.9 Å². The zero-order valence-corrected chi connectivity index (χ0v) is 9.12. The Hall–Kier alpha value is -0.420. The van der Waals surface area contributed by atoms with Gasteiger partial charge < -0.3 is 4.52 Å². The number of aromatic nitrogens is 2. The Kier molecular flexibility index (Phi) is 2.64. The van der Waals surface area contributed by atoms with Crippen molar-refractivity contribution in [2.24, 2.45) is 0 Å². The molecular weight excluding hydrogens is 234 g/mol. The minimum absolute atomic E-state index is 0.361. The third kappa shape index (κ3) is 1.76. The first kappa shape index (κ1) is 9.15. The van der Waals surface area contributed by atoms with Crippen LogP contribution in [0.5, 0.6) is 0 Å². The van der Waals surface area contributed by atoms with Gasteiger partial charge in [-0.2, -0.15) is 4.98 Å². The molecule has 1 aromatic heterocycles. The maximum atomic E-state index is 4.90. The topological polar surface area (TPSA) is 42.2 Å². The fourth-order valence-corrected chi connectivity index (χ4v) is 2.10. The highest BCUT2D eigenvalue weighted by atomic mass is 79.9. The third-order valence-electron chi connectivity index (χ3n) is 2.48. The molecule has 1 unspecified atom stereocenters. The van der Waals surface area contributed by atoms with Crippen LogP contribution >= 0.6 is 15.9 Å². The Labute approximate surface area is 85.4 Å². The van der Waals surface area contributed by atoms with Gasteiger partial charge >= 0.3 is 0 Å². The van der Waals surface area contributed by atoms with Crippen molar-refractivity contribution in [1.82, 2.24) is 15.0 Å². The van der Waals surface area contributed by atoms with E-state index in [1.165, 1.54) is 6.42 Å². The van der Waals surface area contributed by atoms with Crippen LogP contribution in [-0.2, 0) is 0 Å². The summed E-state index contributed by atoms with van der Waals surface area (Å²) in [5.41, 5.74) is 0. The van der Waals surface area contributed by atoms with E-state index in [2.05, 4.69) is 37.9 Å². The first-order chi connectivity index (χ1) is 6.31. The van der Waals surface area contributed by atoms with E-state index in [1.54, 1.807) is 0 Å². The Bertz CT molecular complexity index is 289. The maximum Gasteiger partial charge on any atom is 0.293 e. The van der Waals surface area contributed by atoms with Crippen LogP contribution in [-0.4, -0.2) is 28.1 Å². The summed E-state index contributed by atoms with van der Waals surface area (Å²) in [6, 6.07) is 0.361. The minimum Gasteiger partial charge on any atom is -0.327 e. The highest BCUT2D eigenvalue weighted by Crippen LogP contribution is 2.29. The highest BCUT2D eigenvalue weighted by molar-refractivity contribution is 9.10. The van der Waals surface area contributed by atoms with Crippen LogP contribution in [0.1, 0.15) is 31.6 Å². The summed E-state index contributed by atoms with van der Waals surface area (Å²) >= 11 is 3.16. The molecule has 0 saturated carbocycles. The molecule has 0 N–H and O–H groups in total. The molecule has 1 aliphatic rings. The first-order valence-electron chi connectivity index (χ1n) is 4.54. The van der Waals surface area contributed by atoms with Crippen molar-refractivity contribution >= 4 is 15.9 Å². The number of likely N-dealkylation sites (tertiary alicyclic amines) is 1. The van der Waals surface area contributed by atoms with Crippen molar-refractivity contribution in [3.63, 3.8) is 0 Å². The fraction of sp³-hybridized carbons (Fsp3) is 0.750. The van der Waals surface area contributed by atoms with Gasteiger partial charge in [-0.25, -0.2) is 0 Å². The van der Waals surface area contributed by atoms with E-state index in [4.69, 9.17) is 4.52 Å². The zero-order chi connectivity index (χ0) is 9.26. The second-order valence-electron chi connectivity index (χ2n) is 3.19. The van der Waals surface area contributed by atoms with Gasteiger partial charge in [0.2, 0.25) is 0 Å². The smallest absolute Gasteiger partial charge is 0.293 e. The quantitative estimate of drug-likeness (QED) is 0.800. The molecule has 2 heterocycles. The molecule has 4 nitrogen and oxygen atoms in total. The van der Waals surface area contributed by atoms with E-state index in [9.17, 15) is 0 Å². The molecule has 1 aliphatic heterocycles. The van der Waals surface area contributed by atoms with Crippen LogP contribution in [0.3, 0.4) is 0 Å². The van der Waals surface area contributed by atoms with Gasteiger partial charge in [0.05, 0.1) is 6.04 Å². The van der Waals surface area contributed by atoms with Gasteiger partial charge in [-0.15, -0.1) is 0 Å². The van der Waals surface area contributed by atoms with Crippen molar-refractivity contribution in [1.29, 1.82) is 0 Å². The SMILES string of the molecule is CCN1CCCC1c1noc(Br)n1. The molecule has 0 aliphatic carbocycles. The standard InChI is InChI=1S/C8H12BrN3O/c1-2-12-5-3-4-6(12)7-10-8(9)13-11-7/h6H,2-5H2,1H3. The molecule has 0 bridgehead atoms. The summed E-state index contributed by atoms with van der Waals surface area (Å²) < 4.78 is 4.90. The van der Waals surface area contributed by atoms with Crippen molar-refractivity contribution in [2.45, 2.75) is 25.8 Å². The van der Waals surface area contributed by atoms with E-state index in [-0.39, 0.29) is 0 Å². The van der Waals surface area contributed by atoms with Crippen LogP contribution in [0.15, 0.2) is 9.32 Å². The molecule has 0 aromatic carbocycles. The van der Waals surface area contributed by atoms with E-state index >= 15 is 0 Å². The summed E-state index contributed by atoms with van der Waals surface area (Å²) in [7, 11) is 0. The Morgan fingerprint density at radius 1 is 1.69 bits per heavy atom. The maximum absolute atomic E-state index is 4.90. The van der Waals surface area contributed by atoms with E-state index < -0.39 is 0 Å². The minimum atomic E-state index is 0.361. The van der Waals surface area contributed by atoms with Crippen molar-refractivity contribution in [3.8, 4) is 0 Å². The van der Waals surface area contributed by atoms with Crippen LogP contribution in [0.25, 0.3) is 0 Å². The molecule has 13 heavy (non-hydrogen) atoms. The molecule has 1 aromatic rings. The van der Waals surface area contributed by atoms with Crippen LogP contribution in [0.2, 0.25) is 0 Å². The molecule has 1 fully saturated rings. The van der Waals surface area contributed by atoms with Gasteiger partial charge in [-0.3, -0.25) is 4.90 Å². The Morgan fingerprint density at radius 3 is 3.15 bits per heavy atom. The van der Waals surface area contributed by atoms with Crippen molar-refractivity contribution < 1.29 is 4.52 Å². The first-order valence-corrected chi connectivity index (χ1v) is 5.33. The number of hydrogen-bond acceptors (Lipinski definition) is 4. The second kappa shape index (κ2) is 3.75. The monoisotopic (exact) mass is 245 g/mol. The average Bonchev–Trinajstić information content (AvgIpc) is 2.71. The Morgan fingerprint density at radius 2 is 2.54 bits per heavy atom. The van der Waals surface area contributed by atoms with E-state index in [1.807, 2.05) is 0 Å². The number of hydrogen-bond donors (Lipinski definition) is 0. The molecule has 72 valence electrons. The summed E-state index contributed by atoms with van der Waals surface area (Å²) in [6.07, 6.45) is 2.37. The molecule has 0 amide bonds. The van der Waals surface area contributed by atoms with Gasteiger partial charge in [-0.1, -0.05) is 12.1 Å². The van der Waals surface area contributed by atoms with Gasteiger partial charge in [0.15, 0.2) is 5.82 Å². The molecular formula is C8H12BrN3O. The Balaban J connectivity index is 2.15. The van der Waals surface area contributed by atoms with Crippen LogP contribution < -0.4 is 0 Å². The lowest BCUT2D eigenvalue weighted by Crippen LogP contribution is -2.23. The molecule has 0 spiro atoms. The van der Waals surface area contributed by atoms with Gasteiger partial charge in [-0.05, 0) is 25.9 Å². The summed E-state index contributed by atoms with van der Waals surface area (Å²) in [6.45, 7) is 4.36. The summed E-state index contributed by atoms with van der Waals surface area (Å²) in [5, 5.41) is 3.92. The number of halogens is 1. The average molecular weight is 246 g/mol. The molecule has 1 saturated heterocycles. The van der Waals surface area contributed by atoms with Crippen molar-refractivity contribution in [2.75, 3.05) is 13.1 Å². The molecule has 1 atom stereocenters. The fourth-order valence-electron chi connectivity index (χ4n) is 1.85. The molecule has 0 radical (unpaired) electrons. The van der Waals surface area contributed by atoms with Crippen LogP contribution in [0.4, 0.5) is 0 Å². The van der Waals surface area contributed by atoms with Crippen molar-refractivity contribution in [3.05, 3.63) is 10.6 Å². The molecule has 5 heteroatoms. The van der Waals surface area contributed by atoms with Gasteiger partial charge in [0.25, 0.3) is 4.80 Å². The van der Waals surface area contributed by atoms with Crippen LogP contribution in [0, 0.1) is 0 Å². The lowest BCUT2D eigenvalue weighted by molar-refractivity contribution is 0.255. The summed E-state index contributed by atoms with van der Waals surface area (Å²) in [5.74, 6) is 0.811. The lowest BCUT2D eigenvalue weighted by atomic mass is 10.2. The second-order valence-corrected chi connectivity index (χ2v) is 3.87. The predicted octanol–water partition coefficient (Wildman–Crippen LogP) is 1.99. The lowest BCUT2D eigenvalue weighted by Gasteiger charge is -2.18. The molecule has 2 rings (SSSR count). The third-order valence-corrected chi connectivity index (χ3v) is 2.81. The number of rotatable bonds is 2. The predicted molar refractivity (Wildman–Crippen MR) is 51.2 cm³/mol. The van der Waals surface area contributed by atoms with E-state index in [0.29, 0.717) is 10.8 Å². The normalized spacial score (nSPS) is 24.0. The summed E-state index contributed by atoms with van der Waals surface area (Å²) in [4.78, 5) is 7.04. The highest BCUT2D eigenvalue weighted by Gasteiger charge is 2.28. The largest absolute Gasteiger partial charge is 0.327 e. The van der Waals surface area contributed by atoms with E-state index in [0.717, 1.165) is 25.3 Å². The zero-order valence-electron chi connectivity index (χ0n) is 7.53. The van der Waals surface area contributed by atoms with Gasteiger partial charge in [0.1, 0.15) is 0 Å².